The molecule has 0 aliphatic heterocycles. The summed E-state index contributed by atoms with van der Waals surface area (Å²) in [7, 11) is 0. The summed E-state index contributed by atoms with van der Waals surface area (Å²) in [5.74, 6) is -0.0298. The van der Waals surface area contributed by atoms with Gasteiger partial charge in [-0.25, -0.2) is 4.98 Å². The van der Waals surface area contributed by atoms with Crippen LogP contribution in [0.5, 0.6) is 0 Å². The minimum atomic E-state index is -0.157. The maximum Gasteiger partial charge on any atom is 0.239 e. The lowest BCUT2D eigenvalue weighted by Crippen LogP contribution is -2.22. The van der Waals surface area contributed by atoms with Gasteiger partial charge in [0.05, 0.1) is 5.25 Å². The van der Waals surface area contributed by atoms with Crippen molar-refractivity contribution >= 4 is 50.1 Å². The fourth-order valence-electron chi connectivity index (χ4n) is 1.26. The Bertz CT molecular complexity index is 513. The fourth-order valence-corrected chi connectivity index (χ4v) is 2.93. The highest BCUT2D eigenvalue weighted by Gasteiger charge is 2.15. The Morgan fingerprint density at radius 1 is 1.44 bits per heavy atom. The molecule has 1 heterocycles. The van der Waals surface area contributed by atoms with Crippen LogP contribution in [-0.2, 0) is 4.79 Å². The van der Waals surface area contributed by atoms with E-state index in [0.29, 0.717) is 5.13 Å². The summed E-state index contributed by atoms with van der Waals surface area (Å²) >= 11 is 6.33. The van der Waals surface area contributed by atoms with E-state index in [1.54, 1.807) is 6.20 Å². The maximum absolute atomic E-state index is 11.9. The number of amides is 1. The van der Waals surface area contributed by atoms with Crippen LogP contribution in [0.25, 0.3) is 0 Å². The molecule has 1 atom stereocenters. The van der Waals surface area contributed by atoms with Crippen LogP contribution in [0.2, 0.25) is 0 Å². The maximum atomic E-state index is 11.9. The molecule has 3 nitrogen and oxygen atoms in total. The monoisotopic (exact) mass is 342 g/mol. The molecular weight excluding hydrogens is 332 g/mol. The van der Waals surface area contributed by atoms with Gasteiger partial charge in [-0.3, -0.25) is 4.79 Å². The van der Waals surface area contributed by atoms with Gasteiger partial charge in [-0.2, -0.15) is 0 Å². The van der Waals surface area contributed by atoms with Gasteiger partial charge in [0.15, 0.2) is 5.13 Å². The number of halogens is 1. The number of carbonyl (C=O) groups excluding carboxylic acids is 1. The van der Waals surface area contributed by atoms with Crippen molar-refractivity contribution in [1.29, 1.82) is 0 Å². The topological polar surface area (TPSA) is 42.0 Å². The molecule has 1 aromatic carbocycles. The average Bonchev–Trinajstić information content (AvgIpc) is 2.85. The molecule has 0 saturated carbocycles. The van der Waals surface area contributed by atoms with Crippen LogP contribution in [0.4, 0.5) is 5.13 Å². The highest BCUT2D eigenvalue weighted by Crippen LogP contribution is 2.25. The number of hydrogen-bond donors (Lipinski definition) is 1. The van der Waals surface area contributed by atoms with Gasteiger partial charge in [0.25, 0.3) is 0 Å². The summed E-state index contributed by atoms with van der Waals surface area (Å²) in [4.78, 5) is 17.0. The van der Waals surface area contributed by atoms with E-state index in [1.807, 2.05) is 36.6 Å². The predicted octanol–water partition coefficient (Wildman–Crippen LogP) is 4.02. The Morgan fingerprint density at radius 2 is 2.17 bits per heavy atom. The molecule has 0 aliphatic rings. The molecule has 0 radical (unpaired) electrons. The van der Waals surface area contributed by atoms with Crippen molar-refractivity contribution in [3.05, 3.63) is 40.3 Å². The molecule has 94 valence electrons. The molecule has 0 bridgehead atoms. The number of nitrogens with one attached hydrogen (secondary N) is 1. The molecule has 1 N–H and O–H groups in total. The van der Waals surface area contributed by atoms with E-state index in [0.717, 1.165) is 9.37 Å². The molecule has 1 aromatic heterocycles. The SMILES string of the molecule is C[C@H](Sc1ccc(Br)cc1)C(=O)Nc1nccs1. The second-order valence-electron chi connectivity index (χ2n) is 3.54. The fraction of sp³-hybridized carbons (Fsp3) is 0.167. The van der Waals surface area contributed by atoms with Crippen molar-refractivity contribution in [2.75, 3.05) is 5.32 Å². The molecule has 0 spiro atoms. The Labute approximate surface area is 122 Å². The molecule has 2 aromatic rings. The second kappa shape index (κ2) is 6.36. The van der Waals surface area contributed by atoms with Crippen molar-refractivity contribution in [1.82, 2.24) is 4.98 Å². The van der Waals surface area contributed by atoms with Gasteiger partial charge in [0.1, 0.15) is 0 Å². The van der Waals surface area contributed by atoms with Crippen LogP contribution in [-0.4, -0.2) is 16.1 Å². The molecule has 0 unspecified atom stereocenters. The quantitative estimate of drug-likeness (QED) is 0.853. The number of benzene rings is 1. The summed E-state index contributed by atoms with van der Waals surface area (Å²) in [5.41, 5.74) is 0. The predicted molar refractivity (Wildman–Crippen MR) is 80.2 cm³/mol. The number of aromatic nitrogens is 1. The summed E-state index contributed by atoms with van der Waals surface area (Å²) in [6, 6.07) is 7.91. The van der Waals surface area contributed by atoms with Crippen LogP contribution in [0.15, 0.2) is 45.2 Å². The smallest absolute Gasteiger partial charge is 0.239 e. The lowest BCUT2D eigenvalue weighted by molar-refractivity contribution is -0.115. The Morgan fingerprint density at radius 3 is 2.78 bits per heavy atom. The minimum Gasteiger partial charge on any atom is -0.301 e. The minimum absolute atomic E-state index is 0.0298. The zero-order valence-electron chi connectivity index (χ0n) is 9.59. The van der Waals surface area contributed by atoms with Crippen molar-refractivity contribution < 1.29 is 4.79 Å². The van der Waals surface area contributed by atoms with Gasteiger partial charge in [-0.1, -0.05) is 15.9 Å². The van der Waals surface area contributed by atoms with Gasteiger partial charge in [0.2, 0.25) is 5.91 Å². The Balaban J connectivity index is 1.93. The summed E-state index contributed by atoms with van der Waals surface area (Å²) in [6.45, 7) is 1.88. The first-order valence-corrected chi connectivity index (χ1v) is 7.83. The van der Waals surface area contributed by atoms with Crippen LogP contribution in [0.1, 0.15) is 6.92 Å². The zero-order valence-corrected chi connectivity index (χ0v) is 12.8. The average molecular weight is 343 g/mol. The van der Waals surface area contributed by atoms with Crippen molar-refractivity contribution in [3.8, 4) is 0 Å². The lowest BCUT2D eigenvalue weighted by atomic mass is 10.4. The number of thioether (sulfide) groups is 1. The van der Waals surface area contributed by atoms with Gasteiger partial charge in [-0.05, 0) is 31.2 Å². The standard InChI is InChI=1S/C12H11BrN2OS2/c1-8(11(16)15-12-14-6-7-17-12)18-10-4-2-9(13)3-5-10/h2-8H,1H3,(H,14,15,16)/t8-/m0/s1. The van der Waals surface area contributed by atoms with E-state index >= 15 is 0 Å². The van der Waals surface area contributed by atoms with E-state index in [9.17, 15) is 4.79 Å². The van der Waals surface area contributed by atoms with Crippen molar-refractivity contribution in [3.63, 3.8) is 0 Å². The molecule has 18 heavy (non-hydrogen) atoms. The molecule has 0 saturated heterocycles. The Hall–Kier alpha value is -0.850. The number of carbonyl (C=O) groups is 1. The van der Waals surface area contributed by atoms with Crippen LogP contribution in [0, 0.1) is 0 Å². The van der Waals surface area contributed by atoms with Gasteiger partial charge >= 0.3 is 0 Å². The normalized spacial score (nSPS) is 12.1. The van der Waals surface area contributed by atoms with Crippen molar-refractivity contribution in [2.24, 2.45) is 0 Å². The number of hydrogen-bond acceptors (Lipinski definition) is 4. The van der Waals surface area contributed by atoms with Gasteiger partial charge in [0, 0.05) is 20.9 Å². The summed E-state index contributed by atoms with van der Waals surface area (Å²) in [5, 5.41) is 5.11. The van der Waals surface area contributed by atoms with Crippen LogP contribution >= 0.6 is 39.0 Å². The number of rotatable bonds is 4. The van der Waals surface area contributed by atoms with E-state index in [-0.39, 0.29) is 11.2 Å². The van der Waals surface area contributed by atoms with E-state index in [1.165, 1.54) is 23.1 Å². The van der Waals surface area contributed by atoms with E-state index in [2.05, 4.69) is 26.2 Å². The molecule has 2 rings (SSSR count). The second-order valence-corrected chi connectivity index (χ2v) is 6.76. The third-order valence-corrected chi connectivity index (χ3v) is 4.49. The molecule has 1 amide bonds. The third-order valence-electron chi connectivity index (χ3n) is 2.16. The summed E-state index contributed by atoms with van der Waals surface area (Å²) < 4.78 is 1.03. The highest BCUT2D eigenvalue weighted by atomic mass is 79.9. The molecule has 0 aliphatic carbocycles. The zero-order chi connectivity index (χ0) is 13.0. The van der Waals surface area contributed by atoms with E-state index in [4.69, 9.17) is 0 Å². The summed E-state index contributed by atoms with van der Waals surface area (Å²) in [6.07, 6.45) is 1.67. The van der Waals surface area contributed by atoms with E-state index < -0.39 is 0 Å². The largest absolute Gasteiger partial charge is 0.301 e. The number of nitrogens with zero attached hydrogens (tertiary/aromatic N) is 1. The highest BCUT2D eigenvalue weighted by molar-refractivity contribution is 9.10. The number of anilines is 1. The first kappa shape index (κ1) is 13.6. The lowest BCUT2D eigenvalue weighted by Gasteiger charge is -2.10. The van der Waals surface area contributed by atoms with Crippen LogP contribution < -0.4 is 5.32 Å². The first-order valence-electron chi connectivity index (χ1n) is 5.28. The molecule has 0 fully saturated rings. The Kier molecular flexibility index (Phi) is 4.79. The van der Waals surface area contributed by atoms with Crippen LogP contribution in [0.3, 0.4) is 0 Å². The van der Waals surface area contributed by atoms with Gasteiger partial charge < -0.3 is 5.32 Å². The molecule has 6 heteroatoms. The first-order chi connectivity index (χ1) is 8.65. The van der Waals surface area contributed by atoms with Crippen molar-refractivity contribution in [2.45, 2.75) is 17.1 Å². The number of thiazole rings is 1. The molecular formula is C12H11BrN2OS2. The van der Waals surface area contributed by atoms with Gasteiger partial charge in [-0.15, -0.1) is 23.1 Å². The third kappa shape index (κ3) is 3.83.